The molecule has 1 heterocycles. The van der Waals surface area contributed by atoms with Crippen LogP contribution in [-0.2, 0) is 14.9 Å². The molecule has 0 aliphatic carbocycles. The molecule has 1 aliphatic heterocycles. The summed E-state index contributed by atoms with van der Waals surface area (Å²) in [7, 11) is -3.53. The first kappa shape index (κ1) is 14.0. The molecule has 1 amide bonds. The molecule has 0 spiro atoms. The Labute approximate surface area is 120 Å². The molecule has 0 radical (unpaired) electrons. The Kier molecular flexibility index (Phi) is 3.93. The standard InChI is InChI=1S/C11H9NO4S3/c1-19(14,15)16-8-4-2-7(3-5-8)6-9-10(13)12-11(17)18-9/h2-6H,1H3,(H,12,13,17)/b9-6+. The summed E-state index contributed by atoms with van der Waals surface area (Å²) in [5.41, 5.74) is 0.753. The van der Waals surface area contributed by atoms with E-state index in [2.05, 4.69) is 5.32 Å². The van der Waals surface area contributed by atoms with Gasteiger partial charge < -0.3 is 9.50 Å². The van der Waals surface area contributed by atoms with Crippen molar-refractivity contribution in [1.29, 1.82) is 0 Å². The zero-order chi connectivity index (χ0) is 14.0. The second-order valence-electron chi connectivity index (χ2n) is 3.71. The fourth-order valence-corrected chi connectivity index (χ4v) is 2.87. The second-order valence-corrected chi connectivity index (χ2v) is 7.00. The van der Waals surface area contributed by atoms with Crippen LogP contribution >= 0.6 is 24.0 Å². The van der Waals surface area contributed by atoms with Gasteiger partial charge in [0.05, 0.1) is 11.2 Å². The van der Waals surface area contributed by atoms with E-state index in [9.17, 15) is 13.2 Å². The first-order valence-corrected chi connectivity index (χ1v) is 8.12. The zero-order valence-corrected chi connectivity index (χ0v) is 12.2. The molecule has 1 aromatic rings. The molecule has 8 heteroatoms. The van der Waals surface area contributed by atoms with Crippen molar-refractivity contribution >= 4 is 50.4 Å². The molecule has 1 N–H and O–H groups in total. The fraction of sp³-hybridized carbons (Fsp3) is 0.0909. The molecule has 1 fully saturated rings. The lowest BCUT2D eigenvalue weighted by Crippen LogP contribution is -2.17. The van der Waals surface area contributed by atoms with Gasteiger partial charge in [-0.2, -0.15) is 8.42 Å². The third kappa shape index (κ3) is 4.05. The van der Waals surface area contributed by atoms with Crippen LogP contribution in [0.25, 0.3) is 6.08 Å². The van der Waals surface area contributed by atoms with Crippen molar-refractivity contribution in [2.75, 3.05) is 6.26 Å². The number of thioether (sulfide) groups is 1. The predicted octanol–water partition coefficient (Wildman–Crippen LogP) is 1.51. The van der Waals surface area contributed by atoms with Gasteiger partial charge >= 0.3 is 10.1 Å². The molecule has 0 saturated carbocycles. The Hall–Kier alpha value is -1.38. The summed E-state index contributed by atoms with van der Waals surface area (Å²) in [6.45, 7) is 0. The van der Waals surface area contributed by atoms with Crippen LogP contribution < -0.4 is 9.50 Å². The first-order valence-electron chi connectivity index (χ1n) is 5.08. The van der Waals surface area contributed by atoms with Crippen LogP contribution in [0.1, 0.15) is 5.56 Å². The molecule has 1 saturated heterocycles. The molecule has 5 nitrogen and oxygen atoms in total. The molecule has 0 atom stereocenters. The van der Waals surface area contributed by atoms with Crippen molar-refractivity contribution in [2.45, 2.75) is 0 Å². The number of nitrogens with one attached hydrogen (secondary N) is 1. The summed E-state index contributed by atoms with van der Waals surface area (Å²) >= 11 is 6.06. The van der Waals surface area contributed by atoms with E-state index >= 15 is 0 Å². The molecular weight excluding hydrogens is 306 g/mol. The third-order valence-electron chi connectivity index (χ3n) is 2.07. The number of hydrogen-bond acceptors (Lipinski definition) is 6. The minimum atomic E-state index is -3.53. The number of hydrogen-bond donors (Lipinski definition) is 1. The van der Waals surface area contributed by atoms with Gasteiger partial charge in [-0.05, 0) is 23.8 Å². The normalized spacial score (nSPS) is 17.6. The quantitative estimate of drug-likeness (QED) is 0.518. The molecule has 19 heavy (non-hydrogen) atoms. The molecule has 100 valence electrons. The topological polar surface area (TPSA) is 72.5 Å². The lowest BCUT2D eigenvalue weighted by Gasteiger charge is -2.02. The van der Waals surface area contributed by atoms with E-state index in [1.165, 1.54) is 23.9 Å². The molecule has 0 aromatic heterocycles. The Morgan fingerprint density at radius 1 is 1.32 bits per heavy atom. The summed E-state index contributed by atoms with van der Waals surface area (Å²) in [4.78, 5) is 12.0. The number of benzene rings is 1. The summed E-state index contributed by atoms with van der Waals surface area (Å²) in [6, 6.07) is 6.35. The molecule has 1 aliphatic rings. The summed E-state index contributed by atoms with van der Waals surface area (Å²) in [5, 5.41) is 2.51. The smallest absolute Gasteiger partial charge is 0.306 e. The van der Waals surface area contributed by atoms with Gasteiger partial charge in [0, 0.05) is 0 Å². The van der Waals surface area contributed by atoms with Gasteiger partial charge in [-0.15, -0.1) is 0 Å². The van der Waals surface area contributed by atoms with Gasteiger partial charge in [-0.1, -0.05) is 36.1 Å². The maximum absolute atomic E-state index is 11.5. The summed E-state index contributed by atoms with van der Waals surface area (Å²) in [6.07, 6.45) is 2.65. The highest BCUT2D eigenvalue weighted by molar-refractivity contribution is 8.26. The summed E-state index contributed by atoms with van der Waals surface area (Å²) in [5.74, 6) is -0.00448. The molecule has 1 aromatic carbocycles. The van der Waals surface area contributed by atoms with Gasteiger partial charge in [-0.25, -0.2) is 0 Å². The monoisotopic (exact) mass is 315 g/mol. The molecule has 0 bridgehead atoms. The van der Waals surface area contributed by atoms with Crippen molar-refractivity contribution in [1.82, 2.24) is 5.32 Å². The van der Waals surface area contributed by atoms with Crippen molar-refractivity contribution in [3.8, 4) is 5.75 Å². The van der Waals surface area contributed by atoms with E-state index in [1.54, 1.807) is 18.2 Å². The SMILES string of the molecule is CS(=O)(=O)Oc1ccc(/C=C2/SC(=S)NC2=O)cc1. The number of carbonyl (C=O) groups is 1. The Bertz CT molecular complexity index is 662. The van der Waals surface area contributed by atoms with Gasteiger partial charge in [0.1, 0.15) is 10.1 Å². The Morgan fingerprint density at radius 2 is 1.95 bits per heavy atom. The van der Waals surface area contributed by atoms with Gasteiger partial charge in [0.2, 0.25) is 0 Å². The number of carbonyl (C=O) groups excluding carboxylic acids is 1. The average molecular weight is 315 g/mol. The second kappa shape index (κ2) is 5.32. The number of amides is 1. The van der Waals surface area contributed by atoms with Crippen LogP contribution in [0.2, 0.25) is 0 Å². The van der Waals surface area contributed by atoms with Gasteiger partial charge in [-0.3, -0.25) is 4.79 Å². The van der Waals surface area contributed by atoms with Gasteiger partial charge in [0.25, 0.3) is 5.91 Å². The maximum atomic E-state index is 11.5. The van der Waals surface area contributed by atoms with Crippen LogP contribution in [0.4, 0.5) is 0 Å². The zero-order valence-electron chi connectivity index (χ0n) is 9.74. The van der Waals surface area contributed by atoms with E-state index in [0.717, 1.165) is 11.8 Å². The fourth-order valence-electron chi connectivity index (χ4n) is 1.37. The lowest BCUT2D eigenvalue weighted by molar-refractivity contribution is -0.115. The van der Waals surface area contributed by atoms with E-state index in [-0.39, 0.29) is 11.7 Å². The predicted molar refractivity (Wildman–Crippen MR) is 78.2 cm³/mol. The van der Waals surface area contributed by atoms with Crippen LogP contribution in [0.3, 0.4) is 0 Å². The minimum absolute atomic E-state index is 0.226. The van der Waals surface area contributed by atoms with E-state index in [1.807, 2.05) is 0 Å². The van der Waals surface area contributed by atoms with Crippen LogP contribution in [-0.4, -0.2) is 24.9 Å². The molecule has 0 unspecified atom stereocenters. The van der Waals surface area contributed by atoms with E-state index in [0.29, 0.717) is 9.23 Å². The number of rotatable bonds is 3. The third-order valence-corrected chi connectivity index (χ3v) is 3.73. The Morgan fingerprint density at radius 3 is 2.42 bits per heavy atom. The van der Waals surface area contributed by atoms with Crippen molar-refractivity contribution in [3.05, 3.63) is 34.7 Å². The highest BCUT2D eigenvalue weighted by Gasteiger charge is 2.21. The van der Waals surface area contributed by atoms with Crippen LogP contribution in [0, 0.1) is 0 Å². The largest absolute Gasteiger partial charge is 0.383 e. The van der Waals surface area contributed by atoms with Crippen molar-refractivity contribution in [2.24, 2.45) is 0 Å². The van der Waals surface area contributed by atoms with E-state index < -0.39 is 10.1 Å². The van der Waals surface area contributed by atoms with E-state index in [4.69, 9.17) is 16.4 Å². The molecule has 2 rings (SSSR count). The van der Waals surface area contributed by atoms with Gasteiger partial charge in [0.15, 0.2) is 0 Å². The average Bonchev–Trinajstić information content (AvgIpc) is 2.58. The highest BCUT2D eigenvalue weighted by atomic mass is 32.2. The Balaban J connectivity index is 2.18. The number of thiocarbonyl (C=S) groups is 1. The first-order chi connectivity index (χ1) is 8.83. The summed E-state index contributed by atoms with van der Waals surface area (Å²) < 4.78 is 27.0. The van der Waals surface area contributed by atoms with Crippen LogP contribution in [0.5, 0.6) is 5.75 Å². The van der Waals surface area contributed by atoms with Crippen molar-refractivity contribution < 1.29 is 17.4 Å². The minimum Gasteiger partial charge on any atom is -0.383 e. The maximum Gasteiger partial charge on any atom is 0.306 e. The molecular formula is C11H9NO4S3. The van der Waals surface area contributed by atoms with Crippen molar-refractivity contribution in [3.63, 3.8) is 0 Å². The van der Waals surface area contributed by atoms with Crippen LogP contribution in [0.15, 0.2) is 29.2 Å². The highest BCUT2D eigenvalue weighted by Crippen LogP contribution is 2.26. The lowest BCUT2D eigenvalue weighted by atomic mass is 10.2.